The zero-order valence-electron chi connectivity index (χ0n) is 13.7. The zero-order chi connectivity index (χ0) is 15.3. The van der Waals surface area contributed by atoms with Gasteiger partial charge >= 0.3 is 0 Å². The molecular weight excluding hydrogens is 264 g/mol. The molecule has 2 rings (SSSR count). The number of nitrogens with two attached hydrogens (primary N) is 1. The van der Waals surface area contributed by atoms with E-state index in [-0.39, 0.29) is 11.6 Å². The van der Waals surface area contributed by atoms with Gasteiger partial charge in [-0.1, -0.05) is 25.7 Å². The minimum Gasteiger partial charge on any atom is -0.374 e. The van der Waals surface area contributed by atoms with Crippen molar-refractivity contribution >= 4 is 0 Å². The lowest BCUT2D eigenvalue weighted by atomic mass is 9.83. The molecule has 1 heterocycles. The van der Waals surface area contributed by atoms with Gasteiger partial charge in [0, 0.05) is 25.8 Å². The quantitative estimate of drug-likeness (QED) is 0.480. The summed E-state index contributed by atoms with van der Waals surface area (Å²) >= 11 is 0. The minimum absolute atomic E-state index is 0.130. The molecule has 1 saturated carbocycles. The molecule has 5 heteroatoms. The van der Waals surface area contributed by atoms with Gasteiger partial charge in [-0.15, -0.1) is 0 Å². The summed E-state index contributed by atoms with van der Waals surface area (Å²) < 4.78 is 8.20. The van der Waals surface area contributed by atoms with E-state index in [0.717, 1.165) is 31.6 Å². The fourth-order valence-corrected chi connectivity index (χ4v) is 3.67. The third-order valence-electron chi connectivity index (χ3n) is 4.73. The van der Waals surface area contributed by atoms with Crippen LogP contribution >= 0.6 is 0 Å². The van der Waals surface area contributed by atoms with Gasteiger partial charge in [0.15, 0.2) is 0 Å². The second-order valence-electron chi connectivity index (χ2n) is 6.24. The molecule has 5 nitrogen and oxygen atoms in total. The van der Waals surface area contributed by atoms with E-state index in [1.54, 1.807) is 0 Å². The van der Waals surface area contributed by atoms with Crippen LogP contribution in [0.2, 0.25) is 0 Å². The van der Waals surface area contributed by atoms with Crippen molar-refractivity contribution < 1.29 is 4.74 Å². The van der Waals surface area contributed by atoms with Crippen LogP contribution in [0.1, 0.15) is 56.8 Å². The van der Waals surface area contributed by atoms with Crippen LogP contribution in [0.15, 0.2) is 6.07 Å². The number of rotatable bonds is 6. The van der Waals surface area contributed by atoms with Crippen molar-refractivity contribution in [1.82, 2.24) is 15.2 Å². The Labute approximate surface area is 128 Å². The van der Waals surface area contributed by atoms with E-state index in [1.807, 2.05) is 18.7 Å². The van der Waals surface area contributed by atoms with Crippen molar-refractivity contribution in [2.75, 3.05) is 6.61 Å². The standard InChI is InChI=1S/C16H30N4O/c1-4-21-16(9-7-5-6-8-10-16)15(18-17)12-14-11-13(2)19-20(14)3/h11,15,18H,4-10,12,17H2,1-3H3. The first-order valence-corrected chi connectivity index (χ1v) is 8.21. The molecule has 0 aromatic carbocycles. The third kappa shape index (κ3) is 3.84. The lowest BCUT2D eigenvalue weighted by molar-refractivity contribution is -0.0771. The highest BCUT2D eigenvalue weighted by molar-refractivity contribution is 5.12. The second kappa shape index (κ2) is 7.38. The zero-order valence-corrected chi connectivity index (χ0v) is 13.7. The van der Waals surface area contributed by atoms with Gasteiger partial charge in [-0.3, -0.25) is 16.0 Å². The van der Waals surface area contributed by atoms with Crippen LogP contribution in [0.3, 0.4) is 0 Å². The highest BCUT2D eigenvalue weighted by Gasteiger charge is 2.39. The third-order valence-corrected chi connectivity index (χ3v) is 4.73. The van der Waals surface area contributed by atoms with Gasteiger partial charge in [-0.05, 0) is 32.8 Å². The molecule has 1 aliphatic rings. The highest BCUT2D eigenvalue weighted by atomic mass is 16.5. The Morgan fingerprint density at radius 1 is 1.38 bits per heavy atom. The molecule has 0 radical (unpaired) electrons. The number of nitrogens with zero attached hydrogens (tertiary/aromatic N) is 2. The van der Waals surface area contributed by atoms with E-state index in [0.29, 0.717) is 0 Å². The summed E-state index contributed by atoms with van der Waals surface area (Å²) in [4.78, 5) is 0. The molecule has 1 atom stereocenters. The van der Waals surface area contributed by atoms with Gasteiger partial charge in [0.2, 0.25) is 0 Å². The molecule has 21 heavy (non-hydrogen) atoms. The maximum atomic E-state index is 6.25. The predicted octanol–water partition coefficient (Wildman–Crippen LogP) is 2.23. The SMILES string of the molecule is CCOC1(C(Cc2cc(C)nn2C)NN)CCCCCC1. The maximum Gasteiger partial charge on any atom is 0.0851 e. The maximum absolute atomic E-state index is 6.25. The van der Waals surface area contributed by atoms with Gasteiger partial charge < -0.3 is 4.74 Å². The molecule has 120 valence electrons. The number of ether oxygens (including phenoxy) is 1. The highest BCUT2D eigenvalue weighted by Crippen LogP contribution is 2.34. The molecule has 1 fully saturated rings. The van der Waals surface area contributed by atoms with Gasteiger partial charge in [0.25, 0.3) is 0 Å². The van der Waals surface area contributed by atoms with Crippen molar-refractivity contribution in [2.45, 2.75) is 70.4 Å². The molecule has 0 bridgehead atoms. The average Bonchev–Trinajstić information content (AvgIpc) is 2.66. The predicted molar refractivity (Wildman–Crippen MR) is 84.8 cm³/mol. The van der Waals surface area contributed by atoms with Crippen LogP contribution in [0, 0.1) is 6.92 Å². The first-order valence-electron chi connectivity index (χ1n) is 8.21. The van der Waals surface area contributed by atoms with Crippen molar-refractivity contribution in [1.29, 1.82) is 0 Å². The first kappa shape index (κ1) is 16.5. The van der Waals surface area contributed by atoms with Crippen LogP contribution in [0.4, 0.5) is 0 Å². The Hall–Kier alpha value is -0.910. The molecule has 0 saturated heterocycles. The van der Waals surface area contributed by atoms with Crippen molar-refractivity contribution in [3.63, 3.8) is 0 Å². The Morgan fingerprint density at radius 2 is 2.05 bits per heavy atom. The van der Waals surface area contributed by atoms with Gasteiger partial charge in [-0.2, -0.15) is 5.10 Å². The average molecular weight is 294 g/mol. The van der Waals surface area contributed by atoms with Crippen LogP contribution in [0.5, 0.6) is 0 Å². The Morgan fingerprint density at radius 3 is 2.52 bits per heavy atom. The Kier molecular flexibility index (Phi) is 5.79. The lowest BCUT2D eigenvalue weighted by Crippen LogP contribution is -2.56. The molecular formula is C16H30N4O. The van der Waals surface area contributed by atoms with E-state index in [4.69, 9.17) is 10.6 Å². The van der Waals surface area contributed by atoms with Crippen molar-refractivity contribution in [2.24, 2.45) is 12.9 Å². The molecule has 1 aromatic rings. The number of nitrogens with one attached hydrogen (secondary N) is 1. The molecule has 1 unspecified atom stereocenters. The van der Waals surface area contributed by atoms with Crippen LogP contribution in [0.25, 0.3) is 0 Å². The first-order chi connectivity index (χ1) is 10.1. The molecule has 0 spiro atoms. The van der Waals surface area contributed by atoms with Crippen LogP contribution in [-0.2, 0) is 18.2 Å². The molecule has 0 amide bonds. The largest absolute Gasteiger partial charge is 0.374 e. The van der Waals surface area contributed by atoms with Crippen molar-refractivity contribution in [3.05, 3.63) is 17.5 Å². The number of hydrogen-bond acceptors (Lipinski definition) is 4. The van der Waals surface area contributed by atoms with E-state index in [1.165, 1.54) is 31.4 Å². The summed E-state index contributed by atoms with van der Waals surface area (Å²) in [6.07, 6.45) is 8.09. The summed E-state index contributed by atoms with van der Waals surface area (Å²) in [5, 5.41) is 4.44. The van der Waals surface area contributed by atoms with Crippen LogP contribution in [-0.4, -0.2) is 28.0 Å². The summed E-state index contributed by atoms with van der Waals surface area (Å²) in [6.45, 7) is 4.84. The molecule has 1 aliphatic carbocycles. The minimum atomic E-state index is -0.141. The fraction of sp³-hybridized carbons (Fsp3) is 0.812. The summed E-state index contributed by atoms with van der Waals surface area (Å²) in [7, 11) is 2.00. The van der Waals surface area contributed by atoms with E-state index < -0.39 is 0 Å². The second-order valence-corrected chi connectivity index (χ2v) is 6.24. The van der Waals surface area contributed by atoms with E-state index >= 15 is 0 Å². The summed E-state index contributed by atoms with van der Waals surface area (Å²) in [5.41, 5.74) is 5.16. The van der Waals surface area contributed by atoms with Gasteiger partial charge in [-0.25, -0.2) is 0 Å². The molecule has 3 N–H and O–H groups in total. The lowest BCUT2D eigenvalue weighted by Gasteiger charge is -2.40. The summed E-state index contributed by atoms with van der Waals surface area (Å²) in [6, 6.07) is 2.27. The Balaban J connectivity index is 2.20. The number of aryl methyl sites for hydroxylation is 2. The number of aromatic nitrogens is 2. The normalized spacial score (nSPS) is 20.2. The van der Waals surface area contributed by atoms with E-state index in [2.05, 4.69) is 23.5 Å². The Bertz CT molecular complexity index is 435. The molecule has 1 aromatic heterocycles. The molecule has 0 aliphatic heterocycles. The van der Waals surface area contributed by atoms with E-state index in [9.17, 15) is 0 Å². The van der Waals surface area contributed by atoms with Crippen molar-refractivity contribution in [3.8, 4) is 0 Å². The van der Waals surface area contributed by atoms with Crippen LogP contribution < -0.4 is 11.3 Å². The van der Waals surface area contributed by atoms with Gasteiger partial charge in [0.1, 0.15) is 0 Å². The van der Waals surface area contributed by atoms with Gasteiger partial charge in [0.05, 0.1) is 17.3 Å². The summed E-state index contributed by atoms with van der Waals surface area (Å²) in [5.74, 6) is 5.92. The monoisotopic (exact) mass is 294 g/mol. The topological polar surface area (TPSA) is 65.1 Å². The fourth-order valence-electron chi connectivity index (χ4n) is 3.67. The smallest absolute Gasteiger partial charge is 0.0851 e. The number of hydrazine groups is 1. The number of hydrogen-bond donors (Lipinski definition) is 2.